The van der Waals surface area contributed by atoms with E-state index in [4.69, 9.17) is 0 Å². The van der Waals surface area contributed by atoms with Crippen LogP contribution >= 0.6 is 0 Å². The highest BCUT2D eigenvalue weighted by molar-refractivity contribution is 5.79. The largest absolute Gasteiger partial charge is 0.342 e. The first-order valence-corrected chi connectivity index (χ1v) is 4.65. The third-order valence-corrected chi connectivity index (χ3v) is 2.45. The van der Waals surface area contributed by atoms with Crippen LogP contribution in [0.2, 0.25) is 0 Å². The van der Waals surface area contributed by atoms with Gasteiger partial charge in [0.15, 0.2) is 0 Å². The maximum absolute atomic E-state index is 11.1. The van der Waals surface area contributed by atoms with E-state index in [1.165, 1.54) is 0 Å². The van der Waals surface area contributed by atoms with Crippen LogP contribution in [0.4, 0.5) is 4.79 Å². The number of amides is 2. The molecule has 74 valence electrons. The van der Waals surface area contributed by atoms with Crippen LogP contribution in [0.5, 0.6) is 0 Å². The number of hydrogen-bond acceptors (Lipinski definition) is 2. The fourth-order valence-corrected chi connectivity index (χ4v) is 1.53. The lowest BCUT2D eigenvalue weighted by molar-refractivity contribution is 0.124. The molecule has 1 rings (SSSR count). The molecular formula is C9H17N3O. The summed E-state index contributed by atoms with van der Waals surface area (Å²) in [4.78, 5) is 18.6. The van der Waals surface area contributed by atoms with Gasteiger partial charge in [0.1, 0.15) is 0 Å². The van der Waals surface area contributed by atoms with Crippen molar-refractivity contribution in [2.45, 2.75) is 19.9 Å². The fraction of sp³-hybridized carbons (Fsp3) is 0.778. The highest BCUT2D eigenvalue weighted by atomic mass is 16.2. The maximum Gasteiger partial charge on any atom is 0.342 e. The SMILES string of the molecule is C=NC(=O)N1CCN(C(C)C)CC1. The zero-order valence-electron chi connectivity index (χ0n) is 8.36. The van der Waals surface area contributed by atoms with Crippen LogP contribution < -0.4 is 0 Å². The third kappa shape index (κ3) is 2.52. The van der Waals surface area contributed by atoms with Gasteiger partial charge >= 0.3 is 6.03 Å². The van der Waals surface area contributed by atoms with Crippen molar-refractivity contribution in [3.8, 4) is 0 Å². The second-order valence-electron chi connectivity index (χ2n) is 3.56. The first kappa shape index (κ1) is 10.2. The number of rotatable bonds is 1. The van der Waals surface area contributed by atoms with Gasteiger partial charge in [0.05, 0.1) is 0 Å². The number of carbonyl (C=O) groups is 1. The van der Waals surface area contributed by atoms with Crippen LogP contribution in [-0.2, 0) is 0 Å². The summed E-state index contributed by atoms with van der Waals surface area (Å²) in [6, 6.07) is 0.373. The van der Waals surface area contributed by atoms with Gasteiger partial charge in [0.25, 0.3) is 0 Å². The van der Waals surface area contributed by atoms with Crippen molar-refractivity contribution in [2.75, 3.05) is 26.2 Å². The topological polar surface area (TPSA) is 35.9 Å². The molecule has 13 heavy (non-hydrogen) atoms. The zero-order chi connectivity index (χ0) is 9.84. The molecule has 0 spiro atoms. The van der Waals surface area contributed by atoms with Crippen molar-refractivity contribution in [3.63, 3.8) is 0 Å². The van der Waals surface area contributed by atoms with Crippen molar-refractivity contribution in [2.24, 2.45) is 4.99 Å². The zero-order valence-corrected chi connectivity index (χ0v) is 8.36. The molecule has 1 aliphatic rings. The Morgan fingerprint density at radius 2 is 1.85 bits per heavy atom. The summed E-state index contributed by atoms with van der Waals surface area (Å²) in [6.07, 6.45) is 0. The Balaban J connectivity index is 2.38. The molecule has 1 aliphatic heterocycles. The molecule has 1 fully saturated rings. The lowest BCUT2D eigenvalue weighted by Gasteiger charge is -2.35. The molecule has 4 nitrogen and oxygen atoms in total. The van der Waals surface area contributed by atoms with E-state index in [0.717, 1.165) is 26.2 Å². The minimum atomic E-state index is -0.191. The smallest absolute Gasteiger partial charge is 0.320 e. The van der Waals surface area contributed by atoms with Crippen molar-refractivity contribution < 1.29 is 4.79 Å². The molecule has 4 heteroatoms. The number of nitrogens with zero attached hydrogens (tertiary/aromatic N) is 3. The summed E-state index contributed by atoms with van der Waals surface area (Å²) in [5.41, 5.74) is 0. The van der Waals surface area contributed by atoms with Crippen LogP contribution in [0.15, 0.2) is 4.99 Å². The van der Waals surface area contributed by atoms with Crippen molar-refractivity contribution in [1.29, 1.82) is 0 Å². The number of urea groups is 1. The molecule has 0 unspecified atom stereocenters. The van der Waals surface area contributed by atoms with Crippen LogP contribution in [0.25, 0.3) is 0 Å². The monoisotopic (exact) mass is 183 g/mol. The number of carbonyl (C=O) groups excluding carboxylic acids is 1. The van der Waals surface area contributed by atoms with E-state index in [0.29, 0.717) is 6.04 Å². The van der Waals surface area contributed by atoms with Gasteiger partial charge in [-0.25, -0.2) is 9.79 Å². The van der Waals surface area contributed by atoms with Crippen molar-refractivity contribution in [3.05, 3.63) is 0 Å². The average Bonchev–Trinajstić information content (AvgIpc) is 2.17. The second-order valence-corrected chi connectivity index (χ2v) is 3.56. The molecule has 0 bridgehead atoms. The van der Waals surface area contributed by atoms with Crippen LogP contribution in [-0.4, -0.2) is 54.8 Å². The molecule has 1 saturated heterocycles. The Morgan fingerprint density at radius 3 is 2.23 bits per heavy atom. The number of hydrogen-bond donors (Lipinski definition) is 0. The van der Waals surface area contributed by atoms with Gasteiger partial charge in [-0.1, -0.05) is 0 Å². The Labute approximate surface area is 79.2 Å². The summed E-state index contributed by atoms with van der Waals surface area (Å²) < 4.78 is 0. The van der Waals surface area contributed by atoms with E-state index in [1.54, 1.807) is 4.90 Å². The Bertz CT molecular complexity index is 195. The Kier molecular flexibility index (Phi) is 3.42. The molecule has 0 N–H and O–H groups in total. The lowest BCUT2D eigenvalue weighted by Crippen LogP contribution is -2.50. The molecule has 0 aromatic rings. The first-order valence-electron chi connectivity index (χ1n) is 4.65. The predicted octanol–water partition coefficient (Wildman–Crippen LogP) is 0.833. The van der Waals surface area contributed by atoms with Gasteiger partial charge in [0.2, 0.25) is 0 Å². The summed E-state index contributed by atoms with van der Waals surface area (Å²) in [7, 11) is 0. The Hall–Kier alpha value is -0.900. The van der Waals surface area contributed by atoms with Crippen molar-refractivity contribution >= 4 is 12.7 Å². The number of aliphatic imine (C=N–C) groups is 1. The quantitative estimate of drug-likeness (QED) is 0.565. The normalized spacial score (nSPS) is 19.2. The van der Waals surface area contributed by atoms with Crippen molar-refractivity contribution in [1.82, 2.24) is 9.80 Å². The average molecular weight is 183 g/mol. The maximum atomic E-state index is 11.1. The lowest BCUT2D eigenvalue weighted by atomic mass is 10.2. The van der Waals surface area contributed by atoms with E-state index >= 15 is 0 Å². The molecule has 0 aromatic carbocycles. The second kappa shape index (κ2) is 4.37. The molecule has 0 aromatic heterocycles. The van der Waals surface area contributed by atoms with Gasteiger partial charge < -0.3 is 4.90 Å². The molecule has 0 radical (unpaired) electrons. The first-order chi connectivity index (χ1) is 6.15. The van der Waals surface area contributed by atoms with Crippen LogP contribution in [0.3, 0.4) is 0 Å². The standard InChI is InChI=1S/C9H17N3O/c1-8(2)11-4-6-12(7-5-11)9(13)10-3/h8H,3-7H2,1-2H3. The highest BCUT2D eigenvalue weighted by Gasteiger charge is 2.21. The van der Waals surface area contributed by atoms with E-state index in [-0.39, 0.29) is 6.03 Å². The molecule has 0 atom stereocenters. The molecule has 0 aliphatic carbocycles. The summed E-state index contributed by atoms with van der Waals surface area (Å²) in [6.45, 7) is 11.0. The molecular weight excluding hydrogens is 166 g/mol. The van der Waals surface area contributed by atoms with Crippen LogP contribution in [0.1, 0.15) is 13.8 Å². The predicted molar refractivity (Wildman–Crippen MR) is 53.2 cm³/mol. The summed E-state index contributed by atoms with van der Waals surface area (Å²) >= 11 is 0. The van der Waals surface area contributed by atoms with E-state index in [1.807, 2.05) is 0 Å². The van der Waals surface area contributed by atoms with E-state index < -0.39 is 0 Å². The highest BCUT2D eigenvalue weighted by Crippen LogP contribution is 2.06. The van der Waals surface area contributed by atoms with Gasteiger partial charge in [-0.3, -0.25) is 4.90 Å². The minimum absolute atomic E-state index is 0.191. The van der Waals surface area contributed by atoms with Gasteiger partial charge in [-0.15, -0.1) is 0 Å². The minimum Gasteiger partial charge on any atom is -0.320 e. The van der Waals surface area contributed by atoms with Gasteiger partial charge in [0, 0.05) is 32.2 Å². The summed E-state index contributed by atoms with van der Waals surface area (Å²) in [5, 5.41) is 0. The van der Waals surface area contributed by atoms with E-state index in [9.17, 15) is 4.79 Å². The third-order valence-electron chi connectivity index (χ3n) is 2.45. The van der Waals surface area contributed by atoms with Crippen LogP contribution in [0, 0.1) is 0 Å². The Morgan fingerprint density at radius 1 is 1.31 bits per heavy atom. The molecule has 0 saturated carbocycles. The van der Waals surface area contributed by atoms with Gasteiger partial charge in [-0.05, 0) is 20.6 Å². The molecule has 1 heterocycles. The number of piperazine rings is 1. The van der Waals surface area contributed by atoms with E-state index in [2.05, 4.69) is 30.5 Å². The fourth-order valence-electron chi connectivity index (χ4n) is 1.53. The molecule has 2 amide bonds. The van der Waals surface area contributed by atoms with Gasteiger partial charge in [-0.2, -0.15) is 0 Å². The summed E-state index contributed by atoms with van der Waals surface area (Å²) in [5.74, 6) is 0.